The molecule has 2 N–H and O–H groups in total. The van der Waals surface area contributed by atoms with E-state index < -0.39 is 0 Å². The Labute approximate surface area is 217 Å². The van der Waals surface area contributed by atoms with Crippen LogP contribution in [0.5, 0.6) is 11.5 Å². The average Bonchev–Trinajstić information content (AvgIpc) is 2.92. The molecule has 0 spiro atoms. The van der Waals surface area contributed by atoms with E-state index in [0.29, 0.717) is 24.3 Å². The quantitative estimate of drug-likeness (QED) is 0.0888. The second-order valence-electron chi connectivity index (χ2n) is 9.17. The molecule has 0 unspecified atom stereocenters. The Morgan fingerprint density at radius 2 is 0.944 bits per heavy atom. The van der Waals surface area contributed by atoms with Gasteiger partial charge < -0.3 is 19.9 Å². The van der Waals surface area contributed by atoms with Gasteiger partial charge in [0.05, 0.1) is 24.6 Å². The standard InChI is InChI=1S/C30H44N2O4/c1-3-5-7-11-23-35-27-19-15-25(16-20-27)29(31-33)13-9-10-14-30(32-34)26-17-21-28(22-18-26)36-24-12-8-6-4-2/h15-22,33-34H,3-14,23-24H2,1-2H3/b31-29-,32-30+. The summed E-state index contributed by atoms with van der Waals surface area (Å²) in [5, 5.41) is 26.1. The van der Waals surface area contributed by atoms with Crippen molar-refractivity contribution in [1.82, 2.24) is 0 Å². The molecule has 0 heterocycles. The van der Waals surface area contributed by atoms with E-state index in [0.717, 1.165) is 61.5 Å². The first kappa shape index (κ1) is 29.2. The summed E-state index contributed by atoms with van der Waals surface area (Å²) in [7, 11) is 0. The largest absolute Gasteiger partial charge is 0.494 e. The van der Waals surface area contributed by atoms with Crippen molar-refractivity contribution in [3.8, 4) is 11.5 Å². The number of nitrogens with zero attached hydrogens (tertiary/aromatic N) is 2. The molecule has 0 aromatic heterocycles. The topological polar surface area (TPSA) is 83.6 Å². The molecule has 0 aliphatic rings. The number of unbranched alkanes of at least 4 members (excludes halogenated alkanes) is 7. The molecule has 0 atom stereocenters. The number of rotatable bonds is 19. The highest BCUT2D eigenvalue weighted by Gasteiger charge is 2.09. The maximum atomic E-state index is 9.52. The summed E-state index contributed by atoms with van der Waals surface area (Å²) < 4.78 is 11.6. The van der Waals surface area contributed by atoms with Crippen LogP contribution in [0.15, 0.2) is 58.8 Å². The molecule has 0 saturated carbocycles. The van der Waals surface area contributed by atoms with Gasteiger partial charge >= 0.3 is 0 Å². The van der Waals surface area contributed by atoms with Gasteiger partial charge in [-0.25, -0.2) is 0 Å². The minimum absolute atomic E-state index is 0.636. The van der Waals surface area contributed by atoms with Crippen molar-refractivity contribution in [2.45, 2.75) is 90.9 Å². The zero-order valence-electron chi connectivity index (χ0n) is 22.1. The maximum absolute atomic E-state index is 9.52. The molecule has 198 valence electrons. The van der Waals surface area contributed by atoms with Crippen LogP contribution in [0.25, 0.3) is 0 Å². The summed E-state index contributed by atoms with van der Waals surface area (Å²) in [5.41, 5.74) is 3.06. The summed E-state index contributed by atoms with van der Waals surface area (Å²) in [6, 6.07) is 15.4. The van der Waals surface area contributed by atoms with Crippen LogP contribution in [0.3, 0.4) is 0 Å². The Balaban J connectivity index is 1.73. The summed E-state index contributed by atoms with van der Waals surface area (Å²) in [6.45, 7) is 5.85. The van der Waals surface area contributed by atoms with Crippen LogP contribution in [-0.2, 0) is 0 Å². The smallest absolute Gasteiger partial charge is 0.119 e. The SMILES string of the molecule is CCCCCCOc1ccc(/C(CCCC/C(=N\O)c2ccc(OCCCCCC)cc2)=N\O)cc1. The molecule has 6 nitrogen and oxygen atoms in total. The Morgan fingerprint density at radius 3 is 1.28 bits per heavy atom. The molecule has 2 aromatic carbocycles. The van der Waals surface area contributed by atoms with Gasteiger partial charge in [0.1, 0.15) is 11.5 Å². The first-order chi connectivity index (χ1) is 17.7. The second-order valence-corrected chi connectivity index (χ2v) is 9.17. The normalized spacial score (nSPS) is 12.1. The number of ether oxygens (including phenoxy) is 2. The summed E-state index contributed by atoms with van der Waals surface area (Å²) in [4.78, 5) is 0. The number of benzene rings is 2. The summed E-state index contributed by atoms with van der Waals surface area (Å²) in [5.74, 6) is 1.67. The maximum Gasteiger partial charge on any atom is 0.119 e. The average molecular weight is 497 g/mol. The number of hydrogen-bond acceptors (Lipinski definition) is 6. The Hall–Kier alpha value is -3.02. The van der Waals surface area contributed by atoms with Gasteiger partial charge in [-0.3, -0.25) is 0 Å². The number of oxime groups is 2. The Morgan fingerprint density at radius 1 is 0.556 bits per heavy atom. The van der Waals surface area contributed by atoms with Crippen molar-refractivity contribution < 1.29 is 19.9 Å². The molecule has 0 aliphatic heterocycles. The molecule has 0 aliphatic carbocycles. The molecule has 0 bridgehead atoms. The van der Waals surface area contributed by atoms with Crippen LogP contribution in [0.1, 0.15) is 102 Å². The fourth-order valence-electron chi connectivity index (χ4n) is 4.01. The molecule has 2 aromatic rings. The van der Waals surface area contributed by atoms with E-state index in [2.05, 4.69) is 24.2 Å². The molecule has 0 radical (unpaired) electrons. The van der Waals surface area contributed by atoms with Crippen LogP contribution in [0.4, 0.5) is 0 Å². The molecule has 0 saturated heterocycles. The first-order valence-electron chi connectivity index (χ1n) is 13.6. The molecular formula is C30H44N2O4. The van der Waals surface area contributed by atoms with Crippen LogP contribution in [0, 0.1) is 0 Å². The van der Waals surface area contributed by atoms with E-state index in [1.54, 1.807) is 0 Å². The van der Waals surface area contributed by atoms with Gasteiger partial charge in [-0.05, 0) is 98.2 Å². The van der Waals surface area contributed by atoms with Gasteiger partial charge in [0.2, 0.25) is 0 Å². The second kappa shape index (κ2) is 18.3. The van der Waals surface area contributed by atoms with Crippen molar-refractivity contribution in [1.29, 1.82) is 0 Å². The fraction of sp³-hybridized carbons (Fsp3) is 0.533. The third-order valence-electron chi connectivity index (χ3n) is 6.23. The predicted octanol–water partition coefficient (Wildman–Crippen LogP) is 8.22. The van der Waals surface area contributed by atoms with Crippen LogP contribution < -0.4 is 9.47 Å². The lowest BCUT2D eigenvalue weighted by Crippen LogP contribution is -2.05. The minimum Gasteiger partial charge on any atom is -0.494 e. The van der Waals surface area contributed by atoms with Crippen molar-refractivity contribution in [3.05, 3.63) is 59.7 Å². The summed E-state index contributed by atoms with van der Waals surface area (Å²) in [6.07, 6.45) is 12.3. The fourth-order valence-corrected chi connectivity index (χ4v) is 4.01. The van der Waals surface area contributed by atoms with E-state index in [9.17, 15) is 10.4 Å². The van der Waals surface area contributed by atoms with Crippen molar-refractivity contribution in [3.63, 3.8) is 0 Å². The van der Waals surface area contributed by atoms with Gasteiger partial charge in [0.15, 0.2) is 0 Å². The van der Waals surface area contributed by atoms with E-state index in [4.69, 9.17) is 9.47 Å². The number of hydrogen-bond donors (Lipinski definition) is 2. The highest BCUT2D eigenvalue weighted by Crippen LogP contribution is 2.18. The van der Waals surface area contributed by atoms with Gasteiger partial charge in [-0.2, -0.15) is 0 Å². The monoisotopic (exact) mass is 496 g/mol. The molecule has 6 heteroatoms. The third kappa shape index (κ3) is 11.1. The van der Waals surface area contributed by atoms with Crippen LogP contribution in [0.2, 0.25) is 0 Å². The van der Waals surface area contributed by atoms with Crippen molar-refractivity contribution >= 4 is 11.4 Å². The van der Waals surface area contributed by atoms with Gasteiger partial charge in [0.25, 0.3) is 0 Å². The highest BCUT2D eigenvalue weighted by molar-refractivity contribution is 6.01. The molecule has 2 rings (SSSR count). The Kier molecular flexibility index (Phi) is 14.8. The van der Waals surface area contributed by atoms with Crippen molar-refractivity contribution in [2.75, 3.05) is 13.2 Å². The predicted molar refractivity (Wildman–Crippen MR) is 147 cm³/mol. The van der Waals surface area contributed by atoms with E-state index in [-0.39, 0.29) is 0 Å². The first-order valence-corrected chi connectivity index (χ1v) is 13.6. The zero-order valence-corrected chi connectivity index (χ0v) is 22.1. The third-order valence-corrected chi connectivity index (χ3v) is 6.23. The van der Waals surface area contributed by atoms with Gasteiger partial charge in [-0.15, -0.1) is 0 Å². The van der Waals surface area contributed by atoms with Gasteiger partial charge in [-0.1, -0.05) is 62.7 Å². The minimum atomic E-state index is 0.636. The zero-order chi connectivity index (χ0) is 25.8. The van der Waals surface area contributed by atoms with E-state index in [1.165, 1.54) is 38.5 Å². The van der Waals surface area contributed by atoms with Crippen LogP contribution >= 0.6 is 0 Å². The molecule has 36 heavy (non-hydrogen) atoms. The molecule has 0 fully saturated rings. The Bertz CT molecular complexity index is 817. The molecule has 0 amide bonds. The molecular weight excluding hydrogens is 452 g/mol. The lowest BCUT2D eigenvalue weighted by molar-refractivity contribution is 0.305. The lowest BCUT2D eigenvalue weighted by Gasteiger charge is -2.09. The van der Waals surface area contributed by atoms with Gasteiger partial charge in [0, 0.05) is 0 Å². The van der Waals surface area contributed by atoms with E-state index in [1.807, 2.05) is 48.5 Å². The summed E-state index contributed by atoms with van der Waals surface area (Å²) >= 11 is 0. The van der Waals surface area contributed by atoms with Crippen molar-refractivity contribution in [2.24, 2.45) is 10.3 Å². The van der Waals surface area contributed by atoms with E-state index >= 15 is 0 Å². The van der Waals surface area contributed by atoms with Crippen LogP contribution in [-0.4, -0.2) is 35.1 Å². The lowest BCUT2D eigenvalue weighted by atomic mass is 10.0. The highest BCUT2D eigenvalue weighted by atomic mass is 16.5.